The predicted molar refractivity (Wildman–Crippen MR) is 53.2 cm³/mol. The molecule has 0 saturated carbocycles. The van der Waals surface area contributed by atoms with Crippen LogP contribution in [0.25, 0.3) is 0 Å². The Morgan fingerprint density at radius 2 is 1.92 bits per heavy atom. The molecule has 0 rings (SSSR count). The Bertz CT molecular complexity index is 118. The molecule has 0 spiro atoms. The third kappa shape index (κ3) is 6.38. The molecule has 0 fully saturated rings. The quantitative estimate of drug-likeness (QED) is 0.534. The van der Waals surface area contributed by atoms with Crippen LogP contribution in [0.3, 0.4) is 0 Å². The van der Waals surface area contributed by atoms with Crippen LogP contribution in [0.4, 0.5) is 0 Å². The predicted octanol–water partition coefficient (Wildman–Crippen LogP) is 3.57. The lowest BCUT2D eigenvalue weighted by Gasteiger charge is -2.06. The van der Waals surface area contributed by atoms with Crippen LogP contribution in [0.1, 0.15) is 59.3 Å². The first-order valence-corrected chi connectivity index (χ1v) is 5.22. The average Bonchev–Trinajstić information content (AvgIpc) is 2.11. The van der Waals surface area contributed by atoms with Gasteiger partial charge in [0.2, 0.25) is 0 Å². The zero-order valence-corrected chi connectivity index (χ0v) is 8.73. The molecule has 1 nitrogen and oxygen atoms in total. The Balaban J connectivity index is 3.15. The van der Waals surface area contributed by atoms with Gasteiger partial charge in [-0.25, -0.2) is 0 Å². The van der Waals surface area contributed by atoms with Gasteiger partial charge in [0.25, 0.3) is 0 Å². The summed E-state index contributed by atoms with van der Waals surface area (Å²) in [5.74, 6) is 1.25. The molecule has 0 aromatic carbocycles. The monoisotopic (exact) mass is 170 g/mol. The Labute approximate surface area is 76.6 Å². The first-order chi connectivity index (χ1) is 5.70. The summed E-state index contributed by atoms with van der Waals surface area (Å²) in [4.78, 5) is 10.9. The van der Waals surface area contributed by atoms with Gasteiger partial charge in [-0.05, 0) is 12.3 Å². The van der Waals surface area contributed by atoms with Crippen molar-refractivity contribution in [3.8, 4) is 0 Å². The molecular weight excluding hydrogens is 148 g/mol. The van der Waals surface area contributed by atoms with Gasteiger partial charge in [0.1, 0.15) is 5.78 Å². The van der Waals surface area contributed by atoms with Crippen LogP contribution in [0, 0.1) is 5.92 Å². The summed E-state index contributed by atoms with van der Waals surface area (Å²) in [5.41, 5.74) is 0. The largest absolute Gasteiger partial charge is 0.300 e. The number of carbonyl (C=O) groups excluding carboxylic acids is 1. The molecular formula is C11H22O. The maximum Gasteiger partial charge on any atom is 0.132 e. The normalized spacial score (nSPS) is 12.9. The summed E-state index contributed by atoms with van der Waals surface area (Å²) in [6.07, 6.45) is 6.38. The Hall–Kier alpha value is -0.330. The van der Waals surface area contributed by atoms with Crippen molar-refractivity contribution in [2.75, 3.05) is 0 Å². The zero-order chi connectivity index (χ0) is 9.40. The fourth-order valence-corrected chi connectivity index (χ4v) is 1.20. The number of hydrogen-bond acceptors (Lipinski definition) is 1. The van der Waals surface area contributed by atoms with E-state index in [1.807, 2.05) is 6.92 Å². The van der Waals surface area contributed by atoms with E-state index in [9.17, 15) is 4.79 Å². The van der Waals surface area contributed by atoms with Crippen molar-refractivity contribution in [3.05, 3.63) is 0 Å². The highest BCUT2D eigenvalue weighted by Crippen LogP contribution is 2.12. The van der Waals surface area contributed by atoms with E-state index in [-0.39, 0.29) is 0 Å². The van der Waals surface area contributed by atoms with Gasteiger partial charge in [0.05, 0.1) is 0 Å². The minimum absolute atomic E-state index is 0.416. The number of Topliss-reactive ketones (excluding diaryl/α,β-unsaturated/α-hetero) is 1. The number of carbonyl (C=O) groups is 1. The van der Waals surface area contributed by atoms with Crippen molar-refractivity contribution in [1.29, 1.82) is 0 Å². The fourth-order valence-electron chi connectivity index (χ4n) is 1.20. The number of rotatable bonds is 7. The molecule has 0 bridgehead atoms. The lowest BCUT2D eigenvalue weighted by Crippen LogP contribution is -1.96. The average molecular weight is 170 g/mol. The molecule has 0 aromatic rings. The van der Waals surface area contributed by atoms with Crippen LogP contribution in [-0.4, -0.2) is 5.78 Å². The smallest absolute Gasteiger partial charge is 0.132 e. The van der Waals surface area contributed by atoms with Gasteiger partial charge in [0.15, 0.2) is 0 Å². The number of unbranched alkanes of at least 4 members (excludes halogenated alkanes) is 1. The Morgan fingerprint density at radius 1 is 1.25 bits per heavy atom. The second-order valence-corrected chi connectivity index (χ2v) is 3.65. The summed E-state index contributed by atoms with van der Waals surface area (Å²) < 4.78 is 0. The molecule has 0 saturated heterocycles. The topological polar surface area (TPSA) is 17.1 Å². The van der Waals surface area contributed by atoms with Crippen molar-refractivity contribution < 1.29 is 4.79 Å². The van der Waals surface area contributed by atoms with Crippen LogP contribution in [-0.2, 0) is 4.79 Å². The van der Waals surface area contributed by atoms with Crippen molar-refractivity contribution >= 4 is 5.78 Å². The third-order valence-electron chi connectivity index (χ3n) is 2.49. The van der Waals surface area contributed by atoms with Crippen LogP contribution in [0.15, 0.2) is 0 Å². The van der Waals surface area contributed by atoms with Gasteiger partial charge in [-0.3, -0.25) is 4.79 Å². The molecule has 0 aliphatic carbocycles. The molecule has 0 amide bonds. The molecule has 12 heavy (non-hydrogen) atoms. The molecule has 0 heterocycles. The van der Waals surface area contributed by atoms with E-state index in [0.29, 0.717) is 12.2 Å². The first kappa shape index (κ1) is 11.7. The molecule has 1 unspecified atom stereocenters. The molecule has 1 atom stereocenters. The summed E-state index contributed by atoms with van der Waals surface area (Å²) in [6.45, 7) is 6.44. The Kier molecular flexibility index (Phi) is 7.12. The first-order valence-electron chi connectivity index (χ1n) is 5.22. The Morgan fingerprint density at radius 3 is 2.42 bits per heavy atom. The molecule has 0 aliphatic rings. The van der Waals surface area contributed by atoms with Crippen molar-refractivity contribution in [1.82, 2.24) is 0 Å². The zero-order valence-electron chi connectivity index (χ0n) is 8.73. The van der Waals surface area contributed by atoms with E-state index in [2.05, 4.69) is 13.8 Å². The molecule has 0 radical (unpaired) electrons. The highest BCUT2D eigenvalue weighted by molar-refractivity contribution is 5.77. The molecule has 0 aliphatic heterocycles. The van der Waals surface area contributed by atoms with Crippen LogP contribution >= 0.6 is 0 Å². The van der Waals surface area contributed by atoms with Crippen molar-refractivity contribution in [3.63, 3.8) is 0 Å². The lowest BCUT2D eigenvalue weighted by molar-refractivity contribution is -0.118. The van der Waals surface area contributed by atoms with Gasteiger partial charge in [-0.2, -0.15) is 0 Å². The third-order valence-corrected chi connectivity index (χ3v) is 2.49. The van der Waals surface area contributed by atoms with Crippen LogP contribution in [0.5, 0.6) is 0 Å². The summed E-state index contributed by atoms with van der Waals surface area (Å²) in [7, 11) is 0. The van der Waals surface area contributed by atoms with Crippen LogP contribution < -0.4 is 0 Å². The number of ketones is 1. The van der Waals surface area contributed by atoms with Gasteiger partial charge in [-0.1, -0.05) is 40.0 Å². The van der Waals surface area contributed by atoms with Gasteiger partial charge >= 0.3 is 0 Å². The fraction of sp³-hybridized carbons (Fsp3) is 0.909. The maximum absolute atomic E-state index is 10.9. The van der Waals surface area contributed by atoms with Gasteiger partial charge in [0, 0.05) is 12.8 Å². The van der Waals surface area contributed by atoms with E-state index in [1.54, 1.807) is 0 Å². The van der Waals surface area contributed by atoms with Gasteiger partial charge in [-0.15, -0.1) is 0 Å². The van der Waals surface area contributed by atoms with Crippen molar-refractivity contribution in [2.24, 2.45) is 5.92 Å². The minimum atomic E-state index is 0.416. The molecule has 72 valence electrons. The van der Waals surface area contributed by atoms with E-state index in [0.717, 1.165) is 18.8 Å². The summed E-state index contributed by atoms with van der Waals surface area (Å²) in [5, 5.41) is 0. The highest BCUT2D eigenvalue weighted by atomic mass is 16.1. The lowest BCUT2D eigenvalue weighted by atomic mass is 10.00. The summed E-state index contributed by atoms with van der Waals surface area (Å²) in [6, 6.07) is 0. The van der Waals surface area contributed by atoms with E-state index < -0.39 is 0 Å². The van der Waals surface area contributed by atoms with E-state index >= 15 is 0 Å². The van der Waals surface area contributed by atoms with Crippen LogP contribution in [0.2, 0.25) is 0 Å². The molecule has 1 heteroatoms. The highest BCUT2D eigenvalue weighted by Gasteiger charge is 2.00. The standard InChI is InChI=1S/C11H22O/c1-4-10(3)8-6-7-9-11(12)5-2/h10H,4-9H2,1-3H3. The van der Waals surface area contributed by atoms with E-state index in [4.69, 9.17) is 0 Å². The molecule has 0 N–H and O–H groups in total. The molecule has 0 aromatic heterocycles. The minimum Gasteiger partial charge on any atom is -0.300 e. The number of hydrogen-bond donors (Lipinski definition) is 0. The van der Waals surface area contributed by atoms with Gasteiger partial charge < -0.3 is 0 Å². The second-order valence-electron chi connectivity index (χ2n) is 3.65. The summed E-state index contributed by atoms with van der Waals surface area (Å²) >= 11 is 0. The SMILES string of the molecule is CCC(=O)CCCCC(C)CC. The second kappa shape index (κ2) is 7.33. The van der Waals surface area contributed by atoms with Crippen molar-refractivity contribution in [2.45, 2.75) is 59.3 Å². The maximum atomic E-state index is 10.9. The van der Waals surface area contributed by atoms with E-state index in [1.165, 1.54) is 19.3 Å².